The maximum absolute atomic E-state index is 3.48. The minimum Gasteiger partial charge on any atom is -0.498 e. The van der Waals surface area contributed by atoms with Crippen molar-refractivity contribution in [3.8, 4) is 0 Å². The van der Waals surface area contributed by atoms with Crippen LogP contribution < -0.4 is 5.19 Å². The first kappa shape index (κ1) is 24.8. The SMILES string of the molecule is CC[C-]=C(CC)C[Si](C)c1ccccc1.[Zr+3].c1cc[cH-]c1.c1cc[cH-]c1. The van der Waals surface area contributed by atoms with E-state index in [9.17, 15) is 0 Å². The predicted octanol–water partition coefficient (Wildman–Crippen LogP) is 6.38. The second-order valence-electron chi connectivity index (χ2n) is 5.74. The van der Waals surface area contributed by atoms with Gasteiger partial charge in [0.1, 0.15) is 0 Å². The molecule has 134 valence electrons. The molecule has 0 aromatic heterocycles. The van der Waals surface area contributed by atoms with Gasteiger partial charge in [-0.25, -0.2) is 24.3 Å². The molecule has 0 N–H and O–H groups in total. The molecule has 0 spiro atoms. The molecular weight excluding hydrogens is 408 g/mol. The second-order valence-corrected chi connectivity index (χ2v) is 8.23. The van der Waals surface area contributed by atoms with Crippen LogP contribution in [0.2, 0.25) is 12.6 Å². The third kappa shape index (κ3) is 12.2. The zero-order valence-electron chi connectivity index (χ0n) is 16.3. The monoisotopic (exact) mass is 436 g/mol. The summed E-state index contributed by atoms with van der Waals surface area (Å²) in [4.78, 5) is 0. The molecule has 0 saturated carbocycles. The van der Waals surface area contributed by atoms with Crippen LogP contribution in [0.5, 0.6) is 0 Å². The standard InChI is InChI=1S/C14H20Si.2C5H5.Zr/c1-4-9-13(5-2)12-15(3)14-10-7-6-8-11-14;2*1-2-4-5-3-1;/h6-8,10-11H,4-5,12H2,1-3H3;2*1-5H;/q3*-1;+3. The van der Waals surface area contributed by atoms with Gasteiger partial charge in [0.2, 0.25) is 0 Å². The molecule has 2 heteroatoms. The zero-order chi connectivity index (χ0) is 18.2. The number of rotatable bonds is 5. The van der Waals surface area contributed by atoms with Crippen molar-refractivity contribution in [2.45, 2.75) is 39.3 Å². The minimum absolute atomic E-state index is 0. The first-order chi connectivity index (χ1) is 12.3. The Morgan fingerprint density at radius 3 is 1.69 bits per heavy atom. The van der Waals surface area contributed by atoms with E-state index in [-0.39, 0.29) is 26.2 Å². The van der Waals surface area contributed by atoms with Gasteiger partial charge in [-0.15, -0.1) is 0 Å². The minimum atomic E-state index is -0.400. The maximum atomic E-state index is 3.48. The molecule has 0 aliphatic rings. The van der Waals surface area contributed by atoms with Crippen LogP contribution in [0, 0.1) is 6.08 Å². The molecule has 2 radical (unpaired) electrons. The first-order valence-corrected chi connectivity index (χ1v) is 11.3. The van der Waals surface area contributed by atoms with E-state index < -0.39 is 8.80 Å². The topological polar surface area (TPSA) is 0 Å². The van der Waals surface area contributed by atoms with E-state index in [1.165, 1.54) is 16.8 Å². The Balaban J connectivity index is 0.000000460. The molecule has 0 heterocycles. The number of allylic oxidation sites excluding steroid dienone is 2. The summed E-state index contributed by atoms with van der Waals surface area (Å²) in [5, 5.41) is 1.53. The van der Waals surface area contributed by atoms with Gasteiger partial charge in [0.05, 0.1) is 8.80 Å². The summed E-state index contributed by atoms with van der Waals surface area (Å²) in [7, 11) is -0.400. The molecule has 0 bridgehead atoms. The zero-order valence-corrected chi connectivity index (χ0v) is 19.7. The van der Waals surface area contributed by atoms with Crippen molar-refractivity contribution in [3.05, 3.63) is 103 Å². The van der Waals surface area contributed by atoms with Gasteiger partial charge in [0, 0.05) is 0 Å². The third-order valence-electron chi connectivity index (χ3n) is 3.71. The van der Waals surface area contributed by atoms with Crippen molar-refractivity contribution < 1.29 is 26.2 Å². The molecule has 3 rings (SSSR count). The summed E-state index contributed by atoms with van der Waals surface area (Å²) in [6, 6.07) is 32.1. The molecule has 0 saturated heterocycles. The van der Waals surface area contributed by atoms with Crippen LogP contribution in [0.25, 0.3) is 0 Å². The molecule has 0 fully saturated rings. The summed E-state index contributed by atoms with van der Waals surface area (Å²) >= 11 is 0. The van der Waals surface area contributed by atoms with Crippen LogP contribution >= 0.6 is 0 Å². The molecule has 0 unspecified atom stereocenters. The second kappa shape index (κ2) is 17.2. The van der Waals surface area contributed by atoms with Gasteiger partial charge >= 0.3 is 26.2 Å². The summed E-state index contributed by atoms with van der Waals surface area (Å²) in [5.41, 5.74) is 1.51. The van der Waals surface area contributed by atoms with Gasteiger partial charge < -0.3 is 6.08 Å². The van der Waals surface area contributed by atoms with E-state index in [0.717, 1.165) is 12.8 Å². The molecule has 0 atom stereocenters. The van der Waals surface area contributed by atoms with Crippen LogP contribution in [0.15, 0.2) is 96.6 Å². The quantitative estimate of drug-likeness (QED) is 0.321. The Kier molecular flexibility index (Phi) is 16.4. The molecule has 0 nitrogen and oxygen atoms in total. The van der Waals surface area contributed by atoms with Gasteiger partial charge in [-0.1, -0.05) is 68.4 Å². The molecular formula is C24H30SiZr. The Hall–Kier alpha value is -1.24. The summed E-state index contributed by atoms with van der Waals surface area (Å²) < 4.78 is 0. The molecule has 0 amide bonds. The predicted molar refractivity (Wildman–Crippen MR) is 114 cm³/mol. The van der Waals surface area contributed by atoms with Crippen LogP contribution in [-0.2, 0) is 26.2 Å². The van der Waals surface area contributed by atoms with E-state index in [1.807, 2.05) is 60.7 Å². The van der Waals surface area contributed by atoms with Crippen LogP contribution in [0.3, 0.4) is 0 Å². The average Bonchev–Trinajstić information content (AvgIpc) is 3.40. The van der Waals surface area contributed by atoms with Crippen molar-refractivity contribution in [2.75, 3.05) is 0 Å². The fraction of sp³-hybridized carbons (Fsp3) is 0.250. The van der Waals surface area contributed by atoms with E-state index in [2.05, 4.69) is 56.8 Å². The van der Waals surface area contributed by atoms with Gasteiger partial charge in [0.25, 0.3) is 0 Å². The van der Waals surface area contributed by atoms with Gasteiger partial charge in [0.15, 0.2) is 0 Å². The van der Waals surface area contributed by atoms with E-state index in [0.29, 0.717) is 0 Å². The van der Waals surface area contributed by atoms with Gasteiger partial charge in [-0.2, -0.15) is 42.8 Å². The Bertz CT molecular complexity index is 563. The third-order valence-corrected chi connectivity index (χ3v) is 5.99. The average molecular weight is 438 g/mol. The fourth-order valence-corrected chi connectivity index (χ4v) is 4.33. The molecule has 0 aliphatic heterocycles. The Morgan fingerprint density at radius 2 is 1.35 bits per heavy atom. The van der Waals surface area contributed by atoms with Gasteiger partial charge in [-0.05, 0) is 0 Å². The van der Waals surface area contributed by atoms with E-state index in [4.69, 9.17) is 0 Å². The van der Waals surface area contributed by atoms with Crippen LogP contribution in [0.4, 0.5) is 0 Å². The van der Waals surface area contributed by atoms with Crippen LogP contribution in [0.1, 0.15) is 26.7 Å². The van der Waals surface area contributed by atoms with E-state index in [1.54, 1.807) is 0 Å². The molecule has 26 heavy (non-hydrogen) atoms. The van der Waals surface area contributed by atoms with Gasteiger partial charge in [-0.3, -0.25) is 5.57 Å². The number of benzene rings is 1. The Labute approximate surface area is 181 Å². The van der Waals surface area contributed by atoms with E-state index >= 15 is 0 Å². The Morgan fingerprint density at radius 1 is 0.846 bits per heavy atom. The van der Waals surface area contributed by atoms with Crippen LogP contribution in [-0.4, -0.2) is 8.80 Å². The summed E-state index contributed by atoms with van der Waals surface area (Å²) in [6.07, 6.45) is 5.68. The van der Waals surface area contributed by atoms with Crippen molar-refractivity contribution in [1.82, 2.24) is 0 Å². The molecule has 3 aromatic carbocycles. The first-order valence-electron chi connectivity index (χ1n) is 9.07. The largest absolute Gasteiger partial charge is 3.00 e. The smallest absolute Gasteiger partial charge is 0.498 e. The van der Waals surface area contributed by atoms with Crippen molar-refractivity contribution in [3.63, 3.8) is 0 Å². The normalized spacial score (nSPS) is 10.1. The summed E-state index contributed by atoms with van der Waals surface area (Å²) in [6.45, 7) is 6.80. The fourth-order valence-electron chi connectivity index (χ4n) is 2.35. The summed E-state index contributed by atoms with van der Waals surface area (Å²) in [5.74, 6) is 0. The maximum Gasteiger partial charge on any atom is 3.00 e. The molecule has 0 aliphatic carbocycles. The number of hydrogen-bond acceptors (Lipinski definition) is 0. The number of hydrogen-bond donors (Lipinski definition) is 0. The van der Waals surface area contributed by atoms with Crippen molar-refractivity contribution >= 4 is 14.0 Å². The van der Waals surface area contributed by atoms with Crippen molar-refractivity contribution in [2.24, 2.45) is 0 Å². The molecule has 3 aromatic rings. The van der Waals surface area contributed by atoms with Crippen molar-refractivity contribution in [1.29, 1.82) is 0 Å².